The Morgan fingerprint density at radius 3 is 2.60 bits per heavy atom. The van der Waals surface area contributed by atoms with E-state index in [1.807, 2.05) is 0 Å². The third-order valence-corrected chi connectivity index (χ3v) is 6.30. The van der Waals surface area contributed by atoms with E-state index in [-0.39, 0.29) is 16.9 Å². The van der Waals surface area contributed by atoms with E-state index in [0.717, 1.165) is 11.1 Å². The second-order valence-electron chi connectivity index (χ2n) is 7.25. The molecule has 8 nitrogen and oxygen atoms in total. The number of ether oxygens (including phenoxy) is 1. The number of hydrogen-bond acceptors (Lipinski definition) is 6. The second-order valence-corrected chi connectivity index (χ2v) is 9.27. The Balaban J connectivity index is 1.54. The van der Waals surface area contributed by atoms with Gasteiger partial charge in [0.15, 0.2) is 15.5 Å². The lowest BCUT2D eigenvalue weighted by Crippen LogP contribution is -2.41. The molecule has 1 aromatic carbocycles. The Morgan fingerprint density at radius 1 is 1.27 bits per heavy atom. The number of carbonyl (C=O) groups is 1. The molecule has 0 aliphatic carbocycles. The standard InChI is InChI=1S/C21H22N4O4S/c1-3-19(26)25-10-8-15(9-11-25)29-18-13-23-21-20(24-18)17(12-22-21)14-4-6-16(7-5-14)30(2,27)28/h3-7,12-13,15H,1,8-11H2,2H3,(H,22,23). The molecule has 0 spiro atoms. The highest BCUT2D eigenvalue weighted by molar-refractivity contribution is 7.90. The summed E-state index contributed by atoms with van der Waals surface area (Å²) in [7, 11) is -3.25. The molecule has 4 rings (SSSR count). The molecule has 30 heavy (non-hydrogen) atoms. The first-order valence-corrected chi connectivity index (χ1v) is 11.5. The van der Waals surface area contributed by atoms with Crippen molar-refractivity contribution in [1.82, 2.24) is 19.9 Å². The van der Waals surface area contributed by atoms with Crippen LogP contribution < -0.4 is 4.74 Å². The molecule has 0 radical (unpaired) electrons. The number of nitrogens with one attached hydrogen (secondary N) is 1. The molecule has 0 atom stereocenters. The highest BCUT2D eigenvalue weighted by Gasteiger charge is 2.23. The van der Waals surface area contributed by atoms with Crippen molar-refractivity contribution in [3.8, 4) is 17.0 Å². The SMILES string of the molecule is C=CC(=O)N1CCC(Oc2cnc3[nH]cc(-c4ccc(S(C)(=O)=O)cc4)c3n2)CC1. The highest BCUT2D eigenvalue weighted by Crippen LogP contribution is 2.29. The molecule has 0 unspecified atom stereocenters. The van der Waals surface area contributed by atoms with E-state index in [0.29, 0.717) is 43.0 Å². The lowest BCUT2D eigenvalue weighted by molar-refractivity contribution is -0.127. The predicted molar refractivity (Wildman–Crippen MR) is 113 cm³/mol. The number of carbonyl (C=O) groups excluding carboxylic acids is 1. The van der Waals surface area contributed by atoms with Crippen LogP contribution in [0.3, 0.4) is 0 Å². The monoisotopic (exact) mass is 426 g/mol. The Bertz CT molecular complexity index is 1190. The first kappa shape index (κ1) is 20.1. The van der Waals surface area contributed by atoms with Crippen molar-refractivity contribution < 1.29 is 17.9 Å². The molecule has 1 amide bonds. The number of sulfone groups is 1. The van der Waals surface area contributed by atoms with Crippen LogP contribution in [0.25, 0.3) is 22.3 Å². The van der Waals surface area contributed by atoms with Gasteiger partial charge in [0.05, 0.1) is 11.1 Å². The van der Waals surface area contributed by atoms with Gasteiger partial charge < -0.3 is 14.6 Å². The minimum Gasteiger partial charge on any atom is -0.473 e. The Hall–Kier alpha value is -3.20. The third kappa shape index (κ3) is 4.06. The summed E-state index contributed by atoms with van der Waals surface area (Å²) in [6.45, 7) is 4.76. The van der Waals surface area contributed by atoms with Gasteiger partial charge in [0, 0.05) is 43.9 Å². The molecule has 156 valence electrons. The van der Waals surface area contributed by atoms with Crippen LogP contribution in [0.1, 0.15) is 12.8 Å². The van der Waals surface area contributed by atoms with Crippen LogP contribution in [-0.2, 0) is 14.6 Å². The van der Waals surface area contributed by atoms with Gasteiger partial charge in [-0.05, 0) is 23.8 Å². The number of piperidine rings is 1. The van der Waals surface area contributed by atoms with Crippen LogP contribution in [0.15, 0.2) is 54.2 Å². The number of aromatic amines is 1. The normalized spacial score (nSPS) is 15.3. The van der Waals surface area contributed by atoms with Crippen molar-refractivity contribution in [3.63, 3.8) is 0 Å². The molecule has 1 N–H and O–H groups in total. The average Bonchev–Trinajstić information content (AvgIpc) is 3.16. The van der Waals surface area contributed by atoms with Crippen molar-refractivity contribution >= 4 is 26.9 Å². The summed E-state index contributed by atoms with van der Waals surface area (Å²) in [6.07, 6.45) is 7.28. The van der Waals surface area contributed by atoms with E-state index in [9.17, 15) is 13.2 Å². The summed E-state index contributed by atoms with van der Waals surface area (Å²) in [4.78, 5) is 25.8. The van der Waals surface area contributed by atoms with Crippen molar-refractivity contribution in [1.29, 1.82) is 0 Å². The quantitative estimate of drug-likeness (QED) is 0.629. The molecule has 2 aromatic heterocycles. The fourth-order valence-electron chi connectivity index (χ4n) is 3.53. The van der Waals surface area contributed by atoms with E-state index < -0.39 is 9.84 Å². The first-order valence-electron chi connectivity index (χ1n) is 9.58. The molecule has 0 saturated carbocycles. The zero-order valence-electron chi connectivity index (χ0n) is 16.5. The van der Waals surface area contributed by atoms with E-state index in [2.05, 4.69) is 21.5 Å². The number of aromatic nitrogens is 3. The van der Waals surface area contributed by atoms with Gasteiger partial charge in [-0.2, -0.15) is 0 Å². The zero-order valence-corrected chi connectivity index (χ0v) is 17.4. The maximum atomic E-state index is 11.7. The number of hydrogen-bond donors (Lipinski definition) is 1. The largest absolute Gasteiger partial charge is 0.473 e. The number of amides is 1. The number of nitrogens with zero attached hydrogens (tertiary/aromatic N) is 3. The molecular formula is C21H22N4O4S. The van der Waals surface area contributed by atoms with E-state index in [4.69, 9.17) is 4.74 Å². The van der Waals surface area contributed by atoms with Crippen LogP contribution >= 0.6 is 0 Å². The van der Waals surface area contributed by atoms with Gasteiger partial charge in [-0.25, -0.2) is 18.4 Å². The third-order valence-electron chi connectivity index (χ3n) is 5.17. The molecular weight excluding hydrogens is 404 g/mol. The first-order chi connectivity index (χ1) is 14.3. The maximum absolute atomic E-state index is 11.7. The van der Waals surface area contributed by atoms with Gasteiger partial charge in [0.1, 0.15) is 11.6 Å². The summed E-state index contributed by atoms with van der Waals surface area (Å²) in [5.74, 6) is 0.359. The van der Waals surface area contributed by atoms with Gasteiger partial charge in [0.25, 0.3) is 0 Å². The van der Waals surface area contributed by atoms with Crippen molar-refractivity contribution in [2.24, 2.45) is 0 Å². The topological polar surface area (TPSA) is 105 Å². The lowest BCUT2D eigenvalue weighted by Gasteiger charge is -2.31. The van der Waals surface area contributed by atoms with E-state index in [1.54, 1.807) is 41.6 Å². The summed E-state index contributed by atoms with van der Waals surface area (Å²) >= 11 is 0. The van der Waals surface area contributed by atoms with Crippen molar-refractivity contribution in [2.75, 3.05) is 19.3 Å². The zero-order chi connectivity index (χ0) is 21.3. The fraction of sp³-hybridized carbons (Fsp3) is 0.286. The maximum Gasteiger partial charge on any atom is 0.245 e. The van der Waals surface area contributed by atoms with Crippen LogP contribution in [0, 0.1) is 0 Å². The Labute approximate surface area is 174 Å². The lowest BCUT2D eigenvalue weighted by atomic mass is 10.1. The molecule has 1 aliphatic heterocycles. The molecule has 0 bridgehead atoms. The summed E-state index contributed by atoms with van der Waals surface area (Å²) in [6, 6.07) is 6.66. The second kappa shape index (κ2) is 7.91. The summed E-state index contributed by atoms with van der Waals surface area (Å²) in [5.41, 5.74) is 2.92. The molecule has 1 saturated heterocycles. The number of benzene rings is 1. The van der Waals surface area contributed by atoms with E-state index >= 15 is 0 Å². The number of fused-ring (bicyclic) bond motifs is 1. The summed E-state index contributed by atoms with van der Waals surface area (Å²) in [5, 5.41) is 0. The number of likely N-dealkylation sites (tertiary alicyclic amines) is 1. The number of rotatable bonds is 5. The fourth-order valence-corrected chi connectivity index (χ4v) is 4.16. The van der Waals surface area contributed by atoms with Crippen LogP contribution in [0.2, 0.25) is 0 Å². The molecule has 9 heteroatoms. The minimum absolute atomic E-state index is 0.0398. The highest BCUT2D eigenvalue weighted by atomic mass is 32.2. The smallest absolute Gasteiger partial charge is 0.245 e. The van der Waals surface area contributed by atoms with Gasteiger partial charge in [-0.3, -0.25) is 4.79 Å². The van der Waals surface area contributed by atoms with Crippen LogP contribution in [-0.4, -0.2) is 59.6 Å². The molecule has 1 aliphatic rings. The van der Waals surface area contributed by atoms with Gasteiger partial charge in [-0.15, -0.1) is 0 Å². The van der Waals surface area contributed by atoms with Gasteiger partial charge >= 0.3 is 0 Å². The Kier molecular flexibility index (Phi) is 5.29. The van der Waals surface area contributed by atoms with Gasteiger partial charge in [0.2, 0.25) is 11.8 Å². The molecule has 3 aromatic rings. The Morgan fingerprint density at radius 2 is 1.97 bits per heavy atom. The number of H-pyrrole nitrogens is 1. The van der Waals surface area contributed by atoms with Crippen LogP contribution in [0.4, 0.5) is 0 Å². The molecule has 1 fully saturated rings. The van der Waals surface area contributed by atoms with Crippen molar-refractivity contribution in [3.05, 3.63) is 49.3 Å². The molecule has 3 heterocycles. The van der Waals surface area contributed by atoms with Crippen molar-refractivity contribution in [2.45, 2.75) is 23.8 Å². The minimum atomic E-state index is -3.25. The summed E-state index contributed by atoms with van der Waals surface area (Å²) < 4.78 is 29.4. The van der Waals surface area contributed by atoms with E-state index in [1.165, 1.54) is 12.3 Å². The predicted octanol–water partition coefficient (Wildman–Crippen LogP) is 2.58. The van der Waals surface area contributed by atoms with Crippen LogP contribution in [0.5, 0.6) is 5.88 Å². The van der Waals surface area contributed by atoms with Gasteiger partial charge in [-0.1, -0.05) is 18.7 Å². The average molecular weight is 426 g/mol.